The molecule has 0 aliphatic heterocycles. The Bertz CT molecular complexity index is 510. The summed E-state index contributed by atoms with van der Waals surface area (Å²) in [6, 6.07) is 6.33. The molecule has 5 nitrogen and oxygen atoms in total. The fraction of sp³-hybridized carbons (Fsp3) is 0.308. The van der Waals surface area contributed by atoms with Gasteiger partial charge in [-0.3, -0.25) is 10.1 Å². The van der Waals surface area contributed by atoms with Crippen LogP contribution in [-0.4, -0.2) is 14.9 Å². The zero-order chi connectivity index (χ0) is 13.7. The van der Waals surface area contributed by atoms with Gasteiger partial charge in [-0.1, -0.05) is 13.8 Å². The molecule has 1 heterocycles. The molecule has 0 radical (unpaired) electrons. The number of non-ortho nitro benzene ring substituents is 1. The molecule has 0 saturated carbocycles. The minimum absolute atomic E-state index is 0.0868. The minimum atomic E-state index is -0.414. The van der Waals surface area contributed by atoms with Gasteiger partial charge in [0.15, 0.2) is 0 Å². The van der Waals surface area contributed by atoms with Crippen molar-refractivity contribution in [2.24, 2.45) is 0 Å². The van der Waals surface area contributed by atoms with E-state index in [0.717, 1.165) is 22.8 Å². The molecule has 2 aromatic rings. The number of benzene rings is 1. The van der Waals surface area contributed by atoms with Gasteiger partial charge in [0, 0.05) is 23.4 Å². The Morgan fingerprint density at radius 3 is 2.11 bits per heavy atom. The summed E-state index contributed by atoms with van der Waals surface area (Å²) < 4.78 is 0. The van der Waals surface area contributed by atoms with Crippen LogP contribution < -0.4 is 0 Å². The highest BCUT2D eigenvalue weighted by Crippen LogP contribution is 2.20. The molecule has 1 aromatic carbocycles. The number of H-pyrrole nitrogens is 1. The Balaban J connectivity index is 0.000000771. The molecule has 0 spiro atoms. The zero-order valence-electron chi connectivity index (χ0n) is 11.0. The lowest BCUT2D eigenvalue weighted by Crippen LogP contribution is -1.87. The summed E-state index contributed by atoms with van der Waals surface area (Å²) in [5.74, 6) is 0.741. The Morgan fingerprint density at radius 2 is 1.72 bits per heavy atom. The van der Waals surface area contributed by atoms with Crippen molar-refractivity contribution < 1.29 is 4.92 Å². The quantitative estimate of drug-likeness (QED) is 0.650. The Labute approximate surface area is 106 Å². The van der Waals surface area contributed by atoms with E-state index in [1.165, 1.54) is 12.1 Å². The van der Waals surface area contributed by atoms with Gasteiger partial charge < -0.3 is 4.98 Å². The highest BCUT2D eigenvalue weighted by Gasteiger charge is 2.08. The third kappa shape index (κ3) is 2.94. The van der Waals surface area contributed by atoms with E-state index in [1.807, 2.05) is 27.7 Å². The molecule has 0 saturated heterocycles. The van der Waals surface area contributed by atoms with Crippen LogP contribution in [0.2, 0.25) is 0 Å². The van der Waals surface area contributed by atoms with Crippen molar-refractivity contribution in [1.82, 2.24) is 9.97 Å². The number of rotatable bonds is 2. The van der Waals surface area contributed by atoms with Gasteiger partial charge in [0.25, 0.3) is 5.69 Å². The van der Waals surface area contributed by atoms with Gasteiger partial charge in [-0.25, -0.2) is 4.98 Å². The van der Waals surface area contributed by atoms with Crippen molar-refractivity contribution in [3.63, 3.8) is 0 Å². The average molecular weight is 247 g/mol. The second kappa shape index (κ2) is 5.95. The molecule has 2 rings (SSSR count). The molecule has 18 heavy (non-hydrogen) atoms. The monoisotopic (exact) mass is 247 g/mol. The number of nitro benzene ring substituents is 1. The summed E-state index contributed by atoms with van der Waals surface area (Å²) >= 11 is 0. The molecule has 0 aliphatic carbocycles. The normalized spacial score (nSPS) is 9.56. The third-order valence-electron chi connectivity index (χ3n) is 2.48. The third-order valence-corrected chi connectivity index (χ3v) is 2.48. The van der Waals surface area contributed by atoms with Crippen molar-refractivity contribution in [2.75, 3.05) is 0 Å². The van der Waals surface area contributed by atoms with Crippen LogP contribution in [-0.2, 0) is 0 Å². The number of aryl methyl sites for hydroxylation is 2. The van der Waals surface area contributed by atoms with Crippen LogP contribution in [0.4, 0.5) is 5.69 Å². The fourth-order valence-electron chi connectivity index (χ4n) is 1.43. The van der Waals surface area contributed by atoms with Crippen LogP contribution in [0.5, 0.6) is 0 Å². The smallest absolute Gasteiger partial charge is 0.269 e. The van der Waals surface area contributed by atoms with Crippen molar-refractivity contribution in [2.45, 2.75) is 27.7 Å². The number of nitrogens with one attached hydrogen (secondary N) is 1. The topological polar surface area (TPSA) is 71.8 Å². The number of aromatic nitrogens is 2. The highest BCUT2D eigenvalue weighted by molar-refractivity contribution is 5.58. The molecule has 96 valence electrons. The van der Waals surface area contributed by atoms with Gasteiger partial charge in [-0.05, 0) is 26.0 Å². The van der Waals surface area contributed by atoms with Gasteiger partial charge >= 0.3 is 0 Å². The summed E-state index contributed by atoms with van der Waals surface area (Å²) in [7, 11) is 0. The molecular formula is C13H17N3O2. The van der Waals surface area contributed by atoms with Gasteiger partial charge in [0.2, 0.25) is 0 Å². The van der Waals surface area contributed by atoms with Gasteiger partial charge in [-0.2, -0.15) is 0 Å². The lowest BCUT2D eigenvalue weighted by Gasteiger charge is -1.95. The van der Waals surface area contributed by atoms with Crippen LogP contribution in [0.3, 0.4) is 0 Å². The van der Waals surface area contributed by atoms with Crippen molar-refractivity contribution in [3.05, 3.63) is 45.8 Å². The Kier molecular flexibility index (Phi) is 4.59. The molecule has 5 heteroatoms. The number of imidazole rings is 1. The summed E-state index contributed by atoms with van der Waals surface area (Å²) in [6.07, 6.45) is 0. The summed E-state index contributed by atoms with van der Waals surface area (Å²) in [5.41, 5.74) is 2.88. The Morgan fingerprint density at radius 1 is 1.17 bits per heavy atom. The molecule has 1 N–H and O–H groups in total. The second-order valence-electron chi connectivity index (χ2n) is 3.60. The molecule has 0 aliphatic rings. The maximum Gasteiger partial charge on any atom is 0.269 e. The van der Waals surface area contributed by atoms with Crippen molar-refractivity contribution in [1.29, 1.82) is 0 Å². The fourth-order valence-corrected chi connectivity index (χ4v) is 1.43. The molecule has 0 unspecified atom stereocenters. The average Bonchev–Trinajstić information content (AvgIpc) is 2.72. The lowest BCUT2D eigenvalue weighted by molar-refractivity contribution is -0.384. The number of nitro groups is 1. The zero-order valence-corrected chi connectivity index (χ0v) is 11.0. The van der Waals surface area contributed by atoms with E-state index in [9.17, 15) is 10.1 Å². The summed E-state index contributed by atoms with van der Waals surface area (Å²) in [6.45, 7) is 7.86. The van der Waals surface area contributed by atoms with Gasteiger partial charge in [-0.15, -0.1) is 0 Å². The van der Waals surface area contributed by atoms with E-state index >= 15 is 0 Å². The number of nitrogens with zero attached hydrogens (tertiary/aromatic N) is 2. The van der Waals surface area contributed by atoms with Gasteiger partial charge in [0.05, 0.1) is 10.6 Å². The maximum atomic E-state index is 10.5. The van der Waals surface area contributed by atoms with E-state index < -0.39 is 4.92 Å². The first-order chi connectivity index (χ1) is 8.58. The predicted molar refractivity (Wildman–Crippen MR) is 71.5 cm³/mol. The van der Waals surface area contributed by atoms with E-state index in [0.29, 0.717) is 0 Å². The van der Waals surface area contributed by atoms with E-state index in [4.69, 9.17) is 0 Å². The Hall–Kier alpha value is -2.17. The number of hydrogen-bond donors (Lipinski definition) is 1. The van der Waals surface area contributed by atoms with E-state index in [1.54, 1.807) is 12.1 Å². The second-order valence-corrected chi connectivity index (χ2v) is 3.60. The van der Waals surface area contributed by atoms with Gasteiger partial charge in [0.1, 0.15) is 5.82 Å². The van der Waals surface area contributed by atoms with Crippen LogP contribution in [0.1, 0.15) is 25.2 Å². The predicted octanol–water partition coefficient (Wildman–Crippen LogP) is 3.63. The molecule has 0 atom stereocenters. The first kappa shape index (κ1) is 13.9. The first-order valence-corrected chi connectivity index (χ1v) is 5.86. The first-order valence-electron chi connectivity index (χ1n) is 5.86. The van der Waals surface area contributed by atoms with Crippen LogP contribution in [0.25, 0.3) is 11.4 Å². The summed E-state index contributed by atoms with van der Waals surface area (Å²) in [4.78, 5) is 17.5. The molecule has 0 bridgehead atoms. The largest absolute Gasteiger partial charge is 0.342 e. The molecule has 0 amide bonds. The van der Waals surface area contributed by atoms with Crippen molar-refractivity contribution >= 4 is 5.69 Å². The van der Waals surface area contributed by atoms with Crippen LogP contribution in [0, 0.1) is 24.0 Å². The SMILES string of the molecule is CC.Cc1nc(-c2ccc([N+](=O)[O-])cc2)[nH]c1C. The molecule has 1 aromatic heterocycles. The standard InChI is InChI=1S/C11H11N3O2.C2H6/c1-7-8(2)13-11(12-7)9-3-5-10(6-4-9)14(15)16;1-2/h3-6H,1-2H3,(H,12,13);1-2H3. The molecular weight excluding hydrogens is 230 g/mol. The maximum absolute atomic E-state index is 10.5. The molecule has 0 fully saturated rings. The van der Waals surface area contributed by atoms with Crippen LogP contribution >= 0.6 is 0 Å². The number of aromatic amines is 1. The number of hydrogen-bond acceptors (Lipinski definition) is 3. The van der Waals surface area contributed by atoms with Crippen molar-refractivity contribution in [3.8, 4) is 11.4 Å². The highest BCUT2D eigenvalue weighted by atomic mass is 16.6. The minimum Gasteiger partial charge on any atom is -0.342 e. The van der Waals surface area contributed by atoms with E-state index in [-0.39, 0.29) is 5.69 Å². The summed E-state index contributed by atoms with van der Waals surface area (Å²) in [5, 5.41) is 10.5. The van der Waals surface area contributed by atoms with E-state index in [2.05, 4.69) is 9.97 Å². The van der Waals surface area contributed by atoms with Crippen LogP contribution in [0.15, 0.2) is 24.3 Å². The lowest BCUT2D eigenvalue weighted by atomic mass is 10.2.